The largest absolute Gasteiger partial charge is 0.381 e. The Morgan fingerprint density at radius 1 is 1.10 bits per heavy atom. The van der Waals surface area contributed by atoms with Crippen LogP contribution in [0.1, 0.15) is 55.4 Å². The van der Waals surface area contributed by atoms with Crippen molar-refractivity contribution in [3.63, 3.8) is 0 Å². The molecule has 5 heteroatoms. The topological polar surface area (TPSA) is 51.7 Å². The third-order valence-electron chi connectivity index (χ3n) is 7.10. The number of piperidine rings is 1. The molecular weight excluding hydrogens is 376 g/mol. The van der Waals surface area contributed by atoms with E-state index in [-0.39, 0.29) is 11.5 Å². The minimum absolute atomic E-state index is 0.0384. The van der Waals surface area contributed by atoms with E-state index < -0.39 is 0 Å². The van der Waals surface area contributed by atoms with E-state index in [1.807, 2.05) is 41.3 Å². The molecule has 5 rings (SSSR count). The molecule has 0 bridgehead atoms. The predicted molar refractivity (Wildman–Crippen MR) is 116 cm³/mol. The third-order valence-corrected chi connectivity index (χ3v) is 7.10. The maximum atomic E-state index is 13.0. The monoisotopic (exact) mass is 408 g/mol. The Bertz CT molecular complexity index is 887. The van der Waals surface area contributed by atoms with Crippen LogP contribution in [0.3, 0.4) is 0 Å². The SMILES string of the molecule is O=C(c1ccc2ccccc2n1)N1CCC2(CC1)CC(CCOCC1CC1)CCO2. The number of amides is 1. The Morgan fingerprint density at radius 3 is 2.77 bits per heavy atom. The molecule has 160 valence electrons. The Morgan fingerprint density at radius 2 is 1.93 bits per heavy atom. The summed E-state index contributed by atoms with van der Waals surface area (Å²) in [5, 5.41) is 1.06. The van der Waals surface area contributed by atoms with Crippen LogP contribution in [0, 0.1) is 11.8 Å². The van der Waals surface area contributed by atoms with E-state index >= 15 is 0 Å². The van der Waals surface area contributed by atoms with Crippen molar-refractivity contribution in [3.8, 4) is 0 Å². The normalized spacial score (nSPS) is 23.7. The molecule has 3 heterocycles. The van der Waals surface area contributed by atoms with Gasteiger partial charge in [-0.05, 0) is 68.9 Å². The number of carbonyl (C=O) groups excluding carboxylic acids is 1. The van der Waals surface area contributed by atoms with Gasteiger partial charge in [-0.25, -0.2) is 4.98 Å². The fourth-order valence-electron chi connectivity index (χ4n) is 4.97. The zero-order chi connectivity index (χ0) is 20.4. The van der Waals surface area contributed by atoms with Crippen LogP contribution in [-0.4, -0.2) is 54.3 Å². The quantitative estimate of drug-likeness (QED) is 0.663. The van der Waals surface area contributed by atoms with Crippen LogP contribution in [-0.2, 0) is 9.47 Å². The fourth-order valence-corrected chi connectivity index (χ4v) is 4.97. The van der Waals surface area contributed by atoms with Crippen molar-refractivity contribution in [1.82, 2.24) is 9.88 Å². The van der Waals surface area contributed by atoms with Gasteiger partial charge in [0.2, 0.25) is 0 Å². The number of carbonyl (C=O) groups is 1. The van der Waals surface area contributed by atoms with Crippen LogP contribution in [0.5, 0.6) is 0 Å². The number of para-hydroxylation sites is 1. The molecule has 0 radical (unpaired) electrons. The standard InChI is InChI=1S/C25H32N2O3/c28-24(23-8-7-21-3-1-2-4-22(21)26-23)27-13-11-25(12-14-27)17-19(10-16-30-25)9-15-29-18-20-5-6-20/h1-4,7-8,19-20H,5-6,9-18H2. The Kier molecular flexibility index (Phi) is 5.74. The number of ether oxygens (including phenoxy) is 2. The molecule has 1 saturated carbocycles. The molecule has 2 aliphatic heterocycles. The molecule has 1 aromatic carbocycles. The summed E-state index contributed by atoms with van der Waals surface area (Å²) in [6, 6.07) is 11.8. The maximum Gasteiger partial charge on any atom is 0.272 e. The molecule has 1 unspecified atom stereocenters. The molecule has 3 aliphatic rings. The highest BCUT2D eigenvalue weighted by molar-refractivity contribution is 5.95. The smallest absolute Gasteiger partial charge is 0.272 e. The number of nitrogens with zero attached hydrogens (tertiary/aromatic N) is 2. The van der Waals surface area contributed by atoms with E-state index in [1.54, 1.807) is 0 Å². The van der Waals surface area contributed by atoms with Crippen LogP contribution in [0.15, 0.2) is 36.4 Å². The van der Waals surface area contributed by atoms with Gasteiger partial charge in [-0.1, -0.05) is 24.3 Å². The number of pyridine rings is 1. The van der Waals surface area contributed by atoms with E-state index in [0.717, 1.165) is 81.8 Å². The van der Waals surface area contributed by atoms with Gasteiger partial charge < -0.3 is 14.4 Å². The minimum atomic E-state index is -0.0486. The first-order valence-corrected chi connectivity index (χ1v) is 11.6. The minimum Gasteiger partial charge on any atom is -0.381 e. The summed E-state index contributed by atoms with van der Waals surface area (Å²) in [5.41, 5.74) is 1.37. The number of rotatable bonds is 6. The summed E-state index contributed by atoms with van der Waals surface area (Å²) in [5.74, 6) is 1.56. The zero-order valence-corrected chi connectivity index (χ0v) is 17.7. The molecule has 1 spiro atoms. The average Bonchev–Trinajstić information content (AvgIpc) is 3.61. The summed E-state index contributed by atoms with van der Waals surface area (Å²) >= 11 is 0. The number of likely N-dealkylation sites (tertiary alicyclic amines) is 1. The average molecular weight is 409 g/mol. The lowest BCUT2D eigenvalue weighted by Gasteiger charge is -2.46. The van der Waals surface area contributed by atoms with Gasteiger partial charge >= 0.3 is 0 Å². The summed E-state index contributed by atoms with van der Waals surface area (Å²) < 4.78 is 12.2. The van der Waals surface area contributed by atoms with Gasteiger partial charge in [0.1, 0.15) is 5.69 Å². The van der Waals surface area contributed by atoms with Gasteiger partial charge in [-0.2, -0.15) is 0 Å². The molecule has 1 aliphatic carbocycles. The lowest BCUT2D eigenvalue weighted by molar-refractivity contribution is -0.126. The maximum absolute atomic E-state index is 13.0. The molecule has 1 aromatic heterocycles. The zero-order valence-electron chi connectivity index (χ0n) is 17.7. The first-order chi connectivity index (χ1) is 14.7. The van der Waals surface area contributed by atoms with Gasteiger partial charge in [0.15, 0.2) is 0 Å². The van der Waals surface area contributed by atoms with Crippen LogP contribution in [0.4, 0.5) is 0 Å². The lowest BCUT2D eigenvalue weighted by Crippen LogP contribution is -2.51. The molecule has 0 N–H and O–H groups in total. The molecule has 3 fully saturated rings. The Labute approximate surface area is 178 Å². The fraction of sp³-hybridized carbons (Fsp3) is 0.600. The molecule has 1 atom stereocenters. The second-order valence-electron chi connectivity index (χ2n) is 9.38. The molecule has 1 amide bonds. The highest BCUT2D eigenvalue weighted by Gasteiger charge is 2.41. The molecule has 5 nitrogen and oxygen atoms in total. The van der Waals surface area contributed by atoms with Crippen molar-refractivity contribution < 1.29 is 14.3 Å². The molecule has 2 aromatic rings. The number of aromatic nitrogens is 1. The van der Waals surface area contributed by atoms with Gasteiger partial charge in [0.25, 0.3) is 5.91 Å². The van der Waals surface area contributed by atoms with Crippen molar-refractivity contribution in [3.05, 3.63) is 42.1 Å². The molecule has 30 heavy (non-hydrogen) atoms. The second-order valence-corrected chi connectivity index (χ2v) is 9.38. The van der Waals surface area contributed by atoms with E-state index in [0.29, 0.717) is 11.6 Å². The van der Waals surface area contributed by atoms with E-state index in [4.69, 9.17) is 9.47 Å². The van der Waals surface area contributed by atoms with Gasteiger partial charge in [-0.3, -0.25) is 4.79 Å². The molecule has 2 saturated heterocycles. The second kappa shape index (κ2) is 8.64. The van der Waals surface area contributed by atoms with Gasteiger partial charge in [-0.15, -0.1) is 0 Å². The lowest BCUT2D eigenvalue weighted by atomic mass is 9.78. The number of hydrogen-bond donors (Lipinski definition) is 0. The third kappa shape index (κ3) is 4.52. The van der Waals surface area contributed by atoms with Crippen LogP contribution >= 0.6 is 0 Å². The highest BCUT2D eigenvalue weighted by Crippen LogP contribution is 2.39. The van der Waals surface area contributed by atoms with Crippen molar-refractivity contribution >= 4 is 16.8 Å². The van der Waals surface area contributed by atoms with Gasteiger partial charge in [0.05, 0.1) is 11.1 Å². The summed E-state index contributed by atoms with van der Waals surface area (Å²) in [4.78, 5) is 19.6. The van der Waals surface area contributed by atoms with E-state index in [2.05, 4.69) is 4.98 Å². The first kappa shape index (κ1) is 20.0. The number of fused-ring (bicyclic) bond motifs is 1. The Balaban J connectivity index is 1.15. The first-order valence-electron chi connectivity index (χ1n) is 11.6. The van der Waals surface area contributed by atoms with Crippen molar-refractivity contribution in [2.45, 2.75) is 50.5 Å². The Hall–Kier alpha value is -1.98. The molecular formula is C25H32N2O3. The summed E-state index contributed by atoms with van der Waals surface area (Å²) in [6.45, 7) is 4.17. The number of hydrogen-bond acceptors (Lipinski definition) is 4. The highest BCUT2D eigenvalue weighted by atomic mass is 16.5. The van der Waals surface area contributed by atoms with Crippen LogP contribution in [0.2, 0.25) is 0 Å². The van der Waals surface area contributed by atoms with Crippen LogP contribution in [0.25, 0.3) is 10.9 Å². The number of benzene rings is 1. The van der Waals surface area contributed by atoms with E-state index in [9.17, 15) is 4.79 Å². The summed E-state index contributed by atoms with van der Waals surface area (Å²) in [7, 11) is 0. The van der Waals surface area contributed by atoms with Crippen LogP contribution < -0.4 is 0 Å². The van der Waals surface area contributed by atoms with Gasteiger partial charge in [0, 0.05) is 38.3 Å². The van der Waals surface area contributed by atoms with Crippen molar-refractivity contribution in [2.75, 3.05) is 32.9 Å². The summed E-state index contributed by atoms with van der Waals surface area (Å²) in [6.07, 6.45) is 7.93. The van der Waals surface area contributed by atoms with E-state index in [1.165, 1.54) is 12.8 Å². The van der Waals surface area contributed by atoms with Crippen molar-refractivity contribution in [2.24, 2.45) is 11.8 Å². The predicted octanol–water partition coefficient (Wildman–Crippen LogP) is 4.45. The van der Waals surface area contributed by atoms with Crippen molar-refractivity contribution in [1.29, 1.82) is 0 Å².